The molecule has 0 bridgehead atoms. The van der Waals surface area contributed by atoms with Gasteiger partial charge >= 0.3 is 6.09 Å². The van der Waals surface area contributed by atoms with Gasteiger partial charge in [0.1, 0.15) is 11.4 Å². The van der Waals surface area contributed by atoms with Crippen LogP contribution in [0.25, 0.3) is 0 Å². The van der Waals surface area contributed by atoms with Crippen molar-refractivity contribution in [2.45, 2.75) is 51.8 Å². The number of carbonyl (C=O) groups excluding carboxylic acids is 1. The number of hydrogen-bond donors (Lipinski definition) is 1. The summed E-state index contributed by atoms with van der Waals surface area (Å²) in [6, 6.07) is 2.10. The molecule has 0 aromatic carbocycles. The molecule has 23 heavy (non-hydrogen) atoms. The minimum atomic E-state index is -0.488. The fraction of sp³-hybridized carbons (Fsp3) is 0.750. The summed E-state index contributed by atoms with van der Waals surface area (Å²) in [5.41, 5.74) is -0.488. The van der Waals surface area contributed by atoms with Gasteiger partial charge < -0.3 is 19.7 Å². The molecular formula is C16H28N4O3. The third kappa shape index (κ3) is 5.42. The third-order valence-electron chi connectivity index (χ3n) is 3.59. The molecule has 1 amide bonds. The standard InChI is InChI=1S/C16H28N4O3/c1-12(17-14-6-7-19(5)18-14)10-13-11-22-9-8-20(13)15(21)23-16(2,3)4/h6-7,12-13H,8-11H2,1-5H3,(H,17,18). The topological polar surface area (TPSA) is 68.6 Å². The predicted molar refractivity (Wildman–Crippen MR) is 88.5 cm³/mol. The molecule has 7 nitrogen and oxygen atoms in total. The Hall–Kier alpha value is -1.76. The van der Waals surface area contributed by atoms with Crippen LogP contribution in [0, 0.1) is 0 Å². The number of rotatable bonds is 4. The Bertz CT molecular complexity index is 524. The summed E-state index contributed by atoms with van der Waals surface area (Å²) in [5.74, 6) is 0.834. The highest BCUT2D eigenvalue weighted by atomic mass is 16.6. The molecule has 1 aromatic rings. The van der Waals surface area contributed by atoms with Gasteiger partial charge in [-0.2, -0.15) is 5.10 Å². The van der Waals surface area contributed by atoms with Gasteiger partial charge in [0.15, 0.2) is 0 Å². The summed E-state index contributed by atoms with van der Waals surface area (Å²) < 4.78 is 12.8. The number of nitrogens with zero attached hydrogens (tertiary/aromatic N) is 3. The number of amides is 1. The second-order valence-corrected chi connectivity index (χ2v) is 7.06. The summed E-state index contributed by atoms with van der Waals surface area (Å²) in [4.78, 5) is 14.2. The zero-order chi connectivity index (χ0) is 17.0. The van der Waals surface area contributed by atoms with Crippen molar-refractivity contribution >= 4 is 11.9 Å². The van der Waals surface area contributed by atoms with Crippen LogP contribution in [0.2, 0.25) is 0 Å². The van der Waals surface area contributed by atoms with Crippen molar-refractivity contribution in [1.82, 2.24) is 14.7 Å². The number of morpholine rings is 1. The lowest BCUT2D eigenvalue weighted by molar-refractivity contribution is -0.0345. The Morgan fingerprint density at radius 3 is 2.91 bits per heavy atom. The van der Waals surface area contributed by atoms with Gasteiger partial charge in [-0.1, -0.05) is 0 Å². The normalized spacial score (nSPS) is 20.2. The van der Waals surface area contributed by atoms with E-state index in [1.165, 1.54) is 0 Å². The van der Waals surface area contributed by atoms with Crippen molar-refractivity contribution in [3.8, 4) is 0 Å². The first kappa shape index (κ1) is 17.6. The van der Waals surface area contributed by atoms with Crippen LogP contribution in [0.1, 0.15) is 34.1 Å². The molecule has 1 aliphatic rings. The molecule has 7 heteroatoms. The zero-order valence-electron chi connectivity index (χ0n) is 14.7. The van der Waals surface area contributed by atoms with E-state index in [1.807, 2.05) is 40.1 Å². The van der Waals surface area contributed by atoms with Crippen molar-refractivity contribution < 1.29 is 14.3 Å². The van der Waals surface area contributed by atoms with Crippen LogP contribution in [-0.4, -0.2) is 58.2 Å². The van der Waals surface area contributed by atoms with E-state index in [-0.39, 0.29) is 18.2 Å². The molecular weight excluding hydrogens is 296 g/mol. The van der Waals surface area contributed by atoms with E-state index in [9.17, 15) is 4.79 Å². The average molecular weight is 324 g/mol. The van der Waals surface area contributed by atoms with E-state index in [1.54, 1.807) is 9.58 Å². The molecule has 0 aliphatic carbocycles. The predicted octanol–water partition coefficient (Wildman–Crippen LogP) is 2.25. The van der Waals surface area contributed by atoms with Gasteiger partial charge in [0.2, 0.25) is 0 Å². The van der Waals surface area contributed by atoms with Crippen molar-refractivity contribution in [3.05, 3.63) is 12.3 Å². The second-order valence-electron chi connectivity index (χ2n) is 7.06. The Morgan fingerprint density at radius 2 is 2.30 bits per heavy atom. The van der Waals surface area contributed by atoms with Gasteiger partial charge in [0.25, 0.3) is 0 Å². The fourth-order valence-corrected chi connectivity index (χ4v) is 2.62. The van der Waals surface area contributed by atoms with Crippen molar-refractivity contribution in [2.24, 2.45) is 7.05 Å². The number of nitrogens with one attached hydrogen (secondary N) is 1. The van der Waals surface area contributed by atoms with Gasteiger partial charge in [-0.25, -0.2) is 4.79 Å². The molecule has 1 aliphatic heterocycles. The van der Waals surface area contributed by atoms with Crippen molar-refractivity contribution in [2.75, 3.05) is 25.1 Å². The molecule has 1 aromatic heterocycles. The molecule has 2 atom stereocenters. The molecule has 0 saturated carbocycles. The van der Waals surface area contributed by atoms with Crippen LogP contribution < -0.4 is 5.32 Å². The maximum Gasteiger partial charge on any atom is 0.410 e. The minimum Gasteiger partial charge on any atom is -0.444 e. The van der Waals surface area contributed by atoms with Crippen molar-refractivity contribution in [3.63, 3.8) is 0 Å². The number of carbonyl (C=O) groups is 1. The maximum atomic E-state index is 12.4. The summed E-state index contributed by atoms with van der Waals surface area (Å²) in [7, 11) is 1.88. The highest BCUT2D eigenvalue weighted by molar-refractivity contribution is 5.68. The first-order valence-corrected chi connectivity index (χ1v) is 8.08. The Labute approximate surface area is 137 Å². The van der Waals surface area contributed by atoms with Crippen LogP contribution in [0.3, 0.4) is 0 Å². The van der Waals surface area contributed by atoms with Gasteiger partial charge in [0, 0.05) is 31.9 Å². The van der Waals surface area contributed by atoms with Gasteiger partial charge in [-0.15, -0.1) is 0 Å². The Morgan fingerprint density at radius 1 is 1.57 bits per heavy atom. The van der Waals surface area contributed by atoms with Crippen LogP contribution >= 0.6 is 0 Å². The number of ether oxygens (including phenoxy) is 2. The van der Waals surface area contributed by atoms with E-state index in [2.05, 4.69) is 17.3 Å². The van der Waals surface area contributed by atoms with Crippen LogP contribution in [0.15, 0.2) is 12.3 Å². The van der Waals surface area contributed by atoms with Gasteiger partial charge in [0.05, 0.1) is 19.3 Å². The monoisotopic (exact) mass is 324 g/mol. The van der Waals surface area contributed by atoms with Gasteiger partial charge in [-0.05, 0) is 34.1 Å². The van der Waals surface area contributed by atoms with E-state index in [0.717, 1.165) is 12.2 Å². The highest BCUT2D eigenvalue weighted by Gasteiger charge is 2.31. The quantitative estimate of drug-likeness (QED) is 0.920. The fourth-order valence-electron chi connectivity index (χ4n) is 2.62. The molecule has 2 rings (SSSR count). The maximum absolute atomic E-state index is 12.4. The third-order valence-corrected chi connectivity index (χ3v) is 3.59. The van der Waals surface area contributed by atoms with Crippen LogP contribution in [-0.2, 0) is 16.5 Å². The summed E-state index contributed by atoms with van der Waals surface area (Å²) in [6.45, 7) is 9.38. The molecule has 1 fully saturated rings. The second kappa shape index (κ2) is 7.21. The smallest absolute Gasteiger partial charge is 0.410 e. The first-order chi connectivity index (χ1) is 10.7. The summed E-state index contributed by atoms with van der Waals surface area (Å²) in [6.07, 6.45) is 2.40. The minimum absolute atomic E-state index is 0.00446. The number of anilines is 1. The molecule has 1 saturated heterocycles. The molecule has 2 unspecified atom stereocenters. The van der Waals surface area contributed by atoms with E-state index in [4.69, 9.17) is 9.47 Å². The lowest BCUT2D eigenvalue weighted by Gasteiger charge is -2.37. The lowest BCUT2D eigenvalue weighted by Crippen LogP contribution is -2.51. The Balaban J connectivity index is 1.93. The molecule has 130 valence electrons. The van der Waals surface area contributed by atoms with E-state index >= 15 is 0 Å². The number of aromatic nitrogens is 2. The molecule has 2 heterocycles. The summed E-state index contributed by atoms with van der Waals surface area (Å²) >= 11 is 0. The summed E-state index contributed by atoms with van der Waals surface area (Å²) in [5, 5.41) is 7.67. The van der Waals surface area contributed by atoms with Crippen molar-refractivity contribution in [1.29, 1.82) is 0 Å². The molecule has 0 radical (unpaired) electrons. The first-order valence-electron chi connectivity index (χ1n) is 8.08. The highest BCUT2D eigenvalue weighted by Crippen LogP contribution is 2.18. The average Bonchev–Trinajstić information content (AvgIpc) is 2.82. The van der Waals surface area contributed by atoms with E-state index < -0.39 is 5.60 Å². The largest absolute Gasteiger partial charge is 0.444 e. The molecule has 1 N–H and O–H groups in total. The SMILES string of the molecule is CC(CC1COCCN1C(=O)OC(C)(C)C)Nc1ccn(C)n1. The molecule has 0 spiro atoms. The Kier molecular flexibility index (Phi) is 5.51. The van der Waals surface area contributed by atoms with Crippen LogP contribution in [0.5, 0.6) is 0 Å². The van der Waals surface area contributed by atoms with Crippen LogP contribution in [0.4, 0.5) is 10.6 Å². The zero-order valence-corrected chi connectivity index (χ0v) is 14.7. The number of aryl methyl sites for hydroxylation is 1. The lowest BCUT2D eigenvalue weighted by atomic mass is 10.1. The van der Waals surface area contributed by atoms with Gasteiger partial charge in [-0.3, -0.25) is 4.68 Å². The van der Waals surface area contributed by atoms with E-state index in [0.29, 0.717) is 19.8 Å². The number of hydrogen-bond acceptors (Lipinski definition) is 5.